The molecule has 6 heteroatoms. The van der Waals surface area contributed by atoms with Crippen LogP contribution in [0.2, 0.25) is 5.02 Å². The minimum Gasteiger partial charge on any atom is -0.325 e. The van der Waals surface area contributed by atoms with Gasteiger partial charge in [0.15, 0.2) is 0 Å². The van der Waals surface area contributed by atoms with E-state index >= 15 is 0 Å². The molecule has 0 radical (unpaired) electrons. The summed E-state index contributed by atoms with van der Waals surface area (Å²) < 4.78 is 0. The van der Waals surface area contributed by atoms with Crippen molar-refractivity contribution >= 4 is 28.9 Å². The highest BCUT2D eigenvalue weighted by molar-refractivity contribution is 6.33. The van der Waals surface area contributed by atoms with Gasteiger partial charge in [-0.15, -0.1) is 0 Å². The SMILES string of the molecule is CCCCCCCCCCC(=O)Nc1cc([N+](=O)[O-])ccc1Cl. The van der Waals surface area contributed by atoms with Crippen molar-refractivity contribution in [2.45, 2.75) is 64.7 Å². The van der Waals surface area contributed by atoms with Crippen LogP contribution in [0.5, 0.6) is 0 Å². The zero-order chi connectivity index (χ0) is 17.1. The van der Waals surface area contributed by atoms with Crippen LogP contribution in [0.25, 0.3) is 0 Å². The van der Waals surface area contributed by atoms with Gasteiger partial charge >= 0.3 is 0 Å². The van der Waals surface area contributed by atoms with Crippen LogP contribution in [0.1, 0.15) is 64.7 Å². The Morgan fingerprint density at radius 1 is 1.13 bits per heavy atom. The van der Waals surface area contributed by atoms with Gasteiger partial charge in [-0.3, -0.25) is 14.9 Å². The molecule has 0 fully saturated rings. The molecule has 0 heterocycles. The van der Waals surface area contributed by atoms with Crippen LogP contribution in [0.4, 0.5) is 11.4 Å². The van der Waals surface area contributed by atoms with Gasteiger partial charge in [0.2, 0.25) is 5.91 Å². The van der Waals surface area contributed by atoms with Gasteiger partial charge in [0, 0.05) is 18.6 Å². The zero-order valence-corrected chi connectivity index (χ0v) is 14.4. The molecular formula is C17H25ClN2O3. The number of amides is 1. The standard InChI is InChI=1S/C17H25ClN2O3/c1-2-3-4-5-6-7-8-9-10-17(21)19-16-13-14(20(22)23)11-12-15(16)18/h11-13H,2-10H2,1H3,(H,19,21). The number of carbonyl (C=O) groups excluding carboxylic acids is 1. The number of anilines is 1. The third-order valence-corrected chi connectivity index (χ3v) is 4.02. The molecule has 1 rings (SSSR count). The van der Waals surface area contributed by atoms with Gasteiger partial charge in [-0.1, -0.05) is 63.5 Å². The summed E-state index contributed by atoms with van der Waals surface area (Å²) in [5.41, 5.74) is 0.210. The Hall–Kier alpha value is -1.62. The molecule has 0 atom stereocenters. The number of non-ortho nitro benzene ring substituents is 1. The van der Waals surface area contributed by atoms with E-state index in [1.807, 2.05) is 0 Å². The molecule has 0 aliphatic heterocycles. The average Bonchev–Trinajstić information content (AvgIpc) is 2.52. The van der Waals surface area contributed by atoms with E-state index in [2.05, 4.69) is 12.2 Å². The number of nitro benzene ring substituents is 1. The second-order valence-corrected chi connectivity index (χ2v) is 6.10. The largest absolute Gasteiger partial charge is 0.325 e. The molecule has 23 heavy (non-hydrogen) atoms. The number of nitro groups is 1. The van der Waals surface area contributed by atoms with Crippen molar-refractivity contribution in [3.05, 3.63) is 33.3 Å². The first-order valence-corrected chi connectivity index (χ1v) is 8.66. The summed E-state index contributed by atoms with van der Waals surface area (Å²) in [6, 6.07) is 4.02. The number of hydrogen-bond donors (Lipinski definition) is 1. The van der Waals surface area contributed by atoms with Gasteiger partial charge in [-0.2, -0.15) is 0 Å². The van der Waals surface area contributed by atoms with Crippen molar-refractivity contribution < 1.29 is 9.72 Å². The normalized spacial score (nSPS) is 10.5. The predicted octanol–water partition coefficient (Wildman–Crippen LogP) is 5.72. The summed E-state index contributed by atoms with van der Waals surface area (Å²) in [5, 5.41) is 13.7. The van der Waals surface area contributed by atoms with Gasteiger partial charge in [0.1, 0.15) is 0 Å². The van der Waals surface area contributed by atoms with Crippen molar-refractivity contribution in [3.8, 4) is 0 Å². The Morgan fingerprint density at radius 2 is 1.74 bits per heavy atom. The zero-order valence-electron chi connectivity index (χ0n) is 13.6. The van der Waals surface area contributed by atoms with E-state index in [0.29, 0.717) is 17.1 Å². The number of rotatable bonds is 11. The van der Waals surface area contributed by atoms with E-state index < -0.39 is 4.92 Å². The molecule has 0 spiro atoms. The molecule has 0 bridgehead atoms. The van der Waals surface area contributed by atoms with Crippen molar-refractivity contribution in [1.82, 2.24) is 0 Å². The van der Waals surface area contributed by atoms with Crippen LogP contribution in [-0.2, 0) is 4.79 Å². The first kappa shape index (κ1) is 19.4. The molecule has 1 aromatic rings. The Morgan fingerprint density at radius 3 is 2.35 bits per heavy atom. The number of benzene rings is 1. The van der Waals surface area contributed by atoms with Gasteiger partial charge in [-0.25, -0.2) is 0 Å². The fraction of sp³-hybridized carbons (Fsp3) is 0.588. The van der Waals surface area contributed by atoms with Crippen LogP contribution in [0.15, 0.2) is 18.2 Å². The van der Waals surface area contributed by atoms with Gasteiger partial charge < -0.3 is 5.32 Å². The predicted molar refractivity (Wildman–Crippen MR) is 94.0 cm³/mol. The molecule has 0 aliphatic rings. The summed E-state index contributed by atoms with van der Waals surface area (Å²) >= 11 is 5.95. The molecule has 0 saturated heterocycles. The molecule has 1 aromatic carbocycles. The van der Waals surface area contributed by atoms with Gasteiger partial charge in [-0.05, 0) is 12.5 Å². The molecule has 0 aliphatic carbocycles. The lowest BCUT2D eigenvalue weighted by atomic mass is 10.1. The summed E-state index contributed by atoms with van der Waals surface area (Å²) in [5.74, 6) is -0.154. The smallest absolute Gasteiger partial charge is 0.271 e. The quantitative estimate of drug-likeness (QED) is 0.318. The van der Waals surface area contributed by atoms with Crippen LogP contribution in [0.3, 0.4) is 0 Å². The van der Waals surface area contributed by atoms with Crippen LogP contribution >= 0.6 is 11.6 Å². The van der Waals surface area contributed by atoms with Crippen LogP contribution < -0.4 is 5.32 Å². The second kappa shape index (κ2) is 11.0. The number of nitrogens with zero attached hydrogens (tertiary/aromatic N) is 1. The number of carbonyl (C=O) groups is 1. The molecule has 5 nitrogen and oxygen atoms in total. The number of nitrogens with one attached hydrogen (secondary N) is 1. The van der Waals surface area contributed by atoms with Crippen molar-refractivity contribution in [2.24, 2.45) is 0 Å². The number of hydrogen-bond acceptors (Lipinski definition) is 3. The Kier molecular flexibility index (Phi) is 9.29. The summed E-state index contributed by atoms with van der Waals surface area (Å²) in [6.07, 6.45) is 9.74. The van der Waals surface area contributed by atoms with E-state index in [9.17, 15) is 14.9 Å². The maximum absolute atomic E-state index is 11.9. The average molecular weight is 341 g/mol. The number of halogens is 1. The van der Waals surface area contributed by atoms with Crippen molar-refractivity contribution in [2.75, 3.05) is 5.32 Å². The molecule has 1 N–H and O–H groups in total. The Bertz CT molecular complexity index is 521. The number of unbranched alkanes of at least 4 members (excludes halogenated alkanes) is 7. The summed E-state index contributed by atoms with van der Waals surface area (Å²) in [6.45, 7) is 2.20. The molecular weight excluding hydrogens is 316 g/mol. The Balaban J connectivity index is 2.26. The fourth-order valence-electron chi connectivity index (χ4n) is 2.35. The van der Waals surface area contributed by atoms with Gasteiger partial charge in [0.05, 0.1) is 15.6 Å². The highest BCUT2D eigenvalue weighted by Gasteiger charge is 2.11. The van der Waals surface area contributed by atoms with E-state index in [4.69, 9.17) is 11.6 Å². The monoisotopic (exact) mass is 340 g/mol. The molecule has 0 aromatic heterocycles. The summed E-state index contributed by atoms with van der Waals surface area (Å²) in [7, 11) is 0. The minimum absolute atomic E-state index is 0.0863. The van der Waals surface area contributed by atoms with Crippen LogP contribution in [-0.4, -0.2) is 10.8 Å². The van der Waals surface area contributed by atoms with Gasteiger partial charge in [0.25, 0.3) is 5.69 Å². The van der Waals surface area contributed by atoms with Crippen LogP contribution in [0, 0.1) is 10.1 Å². The maximum Gasteiger partial charge on any atom is 0.271 e. The molecule has 0 saturated carbocycles. The summed E-state index contributed by atoms with van der Waals surface area (Å²) in [4.78, 5) is 22.1. The third kappa shape index (κ3) is 7.98. The highest BCUT2D eigenvalue weighted by Crippen LogP contribution is 2.26. The van der Waals surface area contributed by atoms with Crippen molar-refractivity contribution in [3.63, 3.8) is 0 Å². The maximum atomic E-state index is 11.9. The molecule has 1 amide bonds. The lowest BCUT2D eigenvalue weighted by molar-refractivity contribution is -0.384. The third-order valence-electron chi connectivity index (χ3n) is 3.69. The molecule has 128 valence electrons. The topological polar surface area (TPSA) is 72.2 Å². The van der Waals surface area contributed by atoms with Crippen molar-refractivity contribution in [1.29, 1.82) is 0 Å². The second-order valence-electron chi connectivity index (χ2n) is 5.69. The lowest BCUT2D eigenvalue weighted by Crippen LogP contribution is -2.11. The molecule has 0 unspecified atom stereocenters. The fourth-order valence-corrected chi connectivity index (χ4v) is 2.52. The van der Waals surface area contributed by atoms with E-state index in [0.717, 1.165) is 19.3 Å². The Labute approximate surface area is 142 Å². The highest BCUT2D eigenvalue weighted by atomic mass is 35.5. The lowest BCUT2D eigenvalue weighted by Gasteiger charge is -2.07. The first-order valence-electron chi connectivity index (χ1n) is 8.28. The van der Waals surface area contributed by atoms with E-state index in [1.165, 1.54) is 50.3 Å². The van der Waals surface area contributed by atoms with E-state index in [1.54, 1.807) is 0 Å². The minimum atomic E-state index is -0.509. The first-order chi connectivity index (χ1) is 11.0. The van der Waals surface area contributed by atoms with E-state index in [-0.39, 0.29) is 11.6 Å².